The molecule has 0 aromatic carbocycles. The van der Waals surface area contributed by atoms with Crippen LogP contribution in [0.5, 0.6) is 0 Å². The van der Waals surface area contributed by atoms with Crippen LogP contribution in [-0.4, -0.2) is 82.5 Å². The third-order valence-electron chi connectivity index (χ3n) is 4.82. The third kappa shape index (κ3) is 4.87. The maximum atomic E-state index is 12.9. The highest BCUT2D eigenvalue weighted by molar-refractivity contribution is 6.11. The second-order valence-corrected chi connectivity index (χ2v) is 7.31. The minimum absolute atomic E-state index is 0.0351. The molecule has 33 heavy (non-hydrogen) atoms. The number of ether oxygens (including phenoxy) is 5. The molecule has 3 heterocycles. The van der Waals surface area contributed by atoms with Gasteiger partial charge >= 0.3 is 29.9 Å². The van der Waals surface area contributed by atoms with E-state index in [0.717, 1.165) is 32.3 Å². The lowest BCUT2D eigenvalue weighted by atomic mass is 9.96. The monoisotopic (exact) mass is 466 g/mol. The van der Waals surface area contributed by atoms with Crippen molar-refractivity contribution < 1.29 is 52.5 Å². The smallest absolute Gasteiger partial charge is 0.338 e. The molecular formula is C20H22N2O11. The maximum Gasteiger partial charge on any atom is 0.338 e. The van der Waals surface area contributed by atoms with Crippen LogP contribution in [0, 0.1) is 0 Å². The molecule has 0 radical (unpaired) electrons. The summed E-state index contributed by atoms with van der Waals surface area (Å²) in [6, 6.07) is 2.10. The predicted octanol–water partition coefficient (Wildman–Crippen LogP) is -0.00490. The van der Waals surface area contributed by atoms with E-state index in [1.54, 1.807) is 0 Å². The van der Waals surface area contributed by atoms with Gasteiger partial charge < -0.3 is 23.7 Å². The molecule has 0 aliphatic carbocycles. The molecule has 1 fully saturated rings. The van der Waals surface area contributed by atoms with Gasteiger partial charge in [0.2, 0.25) is 0 Å². The van der Waals surface area contributed by atoms with Gasteiger partial charge in [0.15, 0.2) is 24.5 Å². The number of carbonyl (C=O) groups excluding carboxylic acids is 6. The van der Waals surface area contributed by atoms with Crippen LogP contribution in [0.4, 0.5) is 4.79 Å². The summed E-state index contributed by atoms with van der Waals surface area (Å²) in [5.74, 6) is -3.91. The van der Waals surface area contributed by atoms with Gasteiger partial charge in [-0.1, -0.05) is 0 Å². The lowest BCUT2D eigenvalue weighted by Gasteiger charge is -2.46. The molecule has 1 aromatic heterocycles. The van der Waals surface area contributed by atoms with E-state index in [2.05, 4.69) is 0 Å². The quantitative estimate of drug-likeness (QED) is 0.410. The van der Waals surface area contributed by atoms with E-state index in [0.29, 0.717) is 4.90 Å². The normalized spacial score (nSPS) is 26.4. The van der Waals surface area contributed by atoms with Crippen molar-refractivity contribution in [3.05, 3.63) is 24.0 Å². The van der Waals surface area contributed by atoms with Crippen molar-refractivity contribution in [1.29, 1.82) is 0 Å². The van der Waals surface area contributed by atoms with Gasteiger partial charge in [0.25, 0.3) is 5.91 Å². The molecule has 0 N–H and O–H groups in total. The number of rotatable bonds is 6. The molecule has 0 bridgehead atoms. The highest BCUT2D eigenvalue weighted by Gasteiger charge is 2.57. The SMILES string of the molecule is CC(=O)OC[C@H]1O[C@@H](N2C(=O)c3cccn3C2=O)[C@H](OC(C)=O)[C@@H](OC(C)=O)[C@@H]1OC(C)=O. The Labute approximate surface area is 187 Å². The van der Waals surface area contributed by atoms with Crippen molar-refractivity contribution in [2.75, 3.05) is 6.61 Å². The summed E-state index contributed by atoms with van der Waals surface area (Å²) in [5, 5.41) is 0. The van der Waals surface area contributed by atoms with Crippen molar-refractivity contribution >= 4 is 35.8 Å². The first-order valence-corrected chi connectivity index (χ1v) is 9.87. The first-order valence-electron chi connectivity index (χ1n) is 9.87. The first-order chi connectivity index (χ1) is 15.5. The molecule has 2 aliphatic heterocycles. The van der Waals surface area contributed by atoms with Gasteiger partial charge in [0, 0.05) is 33.9 Å². The Morgan fingerprint density at radius 1 is 0.879 bits per heavy atom. The van der Waals surface area contributed by atoms with E-state index < -0.39 is 73.1 Å². The first kappa shape index (κ1) is 23.9. The zero-order chi connectivity index (χ0) is 24.4. The third-order valence-corrected chi connectivity index (χ3v) is 4.82. The predicted molar refractivity (Wildman–Crippen MR) is 103 cm³/mol. The van der Waals surface area contributed by atoms with Crippen LogP contribution in [0.25, 0.3) is 0 Å². The highest BCUT2D eigenvalue weighted by atomic mass is 16.7. The molecule has 0 spiro atoms. The van der Waals surface area contributed by atoms with E-state index in [1.165, 1.54) is 18.3 Å². The van der Waals surface area contributed by atoms with Gasteiger partial charge in [-0.15, -0.1) is 0 Å². The topological polar surface area (TPSA) is 157 Å². The molecule has 2 aliphatic rings. The number of fused-ring (bicyclic) bond motifs is 1. The van der Waals surface area contributed by atoms with E-state index in [9.17, 15) is 28.8 Å². The van der Waals surface area contributed by atoms with Crippen molar-refractivity contribution in [3.8, 4) is 0 Å². The number of aromatic nitrogens is 1. The average Bonchev–Trinajstić information content (AvgIpc) is 3.27. The van der Waals surface area contributed by atoms with Gasteiger partial charge in [-0.3, -0.25) is 28.5 Å². The molecule has 13 heteroatoms. The van der Waals surface area contributed by atoms with E-state index >= 15 is 0 Å². The molecule has 3 rings (SSSR count). The molecule has 2 amide bonds. The number of esters is 4. The molecule has 5 atom stereocenters. The van der Waals surface area contributed by atoms with Gasteiger partial charge in [0.1, 0.15) is 18.4 Å². The largest absolute Gasteiger partial charge is 0.463 e. The average molecular weight is 466 g/mol. The summed E-state index contributed by atoms with van der Waals surface area (Å²) >= 11 is 0. The van der Waals surface area contributed by atoms with Crippen molar-refractivity contribution in [2.24, 2.45) is 0 Å². The molecule has 1 saturated heterocycles. The van der Waals surface area contributed by atoms with Crippen molar-refractivity contribution in [1.82, 2.24) is 9.47 Å². The van der Waals surface area contributed by atoms with Gasteiger partial charge in [-0.25, -0.2) is 9.69 Å². The van der Waals surface area contributed by atoms with E-state index in [4.69, 9.17) is 23.7 Å². The Balaban J connectivity index is 2.06. The Morgan fingerprint density at radius 3 is 2.00 bits per heavy atom. The fraction of sp³-hybridized carbons (Fsp3) is 0.500. The number of hydrogen-bond donors (Lipinski definition) is 0. The van der Waals surface area contributed by atoms with Gasteiger partial charge in [-0.2, -0.15) is 0 Å². The van der Waals surface area contributed by atoms with Crippen molar-refractivity contribution in [2.45, 2.75) is 58.3 Å². The fourth-order valence-corrected chi connectivity index (χ4v) is 3.69. The summed E-state index contributed by atoms with van der Waals surface area (Å²) < 4.78 is 27.7. The van der Waals surface area contributed by atoms with Gasteiger partial charge in [-0.05, 0) is 12.1 Å². The molecule has 1 aromatic rings. The Bertz CT molecular complexity index is 969. The lowest BCUT2D eigenvalue weighted by Crippen LogP contribution is -2.67. The molecule has 0 unspecified atom stereocenters. The van der Waals surface area contributed by atoms with Crippen LogP contribution in [0.1, 0.15) is 38.2 Å². The van der Waals surface area contributed by atoms with E-state index in [1.807, 2.05) is 0 Å². The van der Waals surface area contributed by atoms with Crippen LogP contribution < -0.4 is 0 Å². The van der Waals surface area contributed by atoms with E-state index in [-0.39, 0.29) is 5.69 Å². The lowest BCUT2D eigenvalue weighted by molar-refractivity contribution is -0.267. The van der Waals surface area contributed by atoms with Crippen LogP contribution >= 0.6 is 0 Å². The zero-order valence-electron chi connectivity index (χ0n) is 18.2. The maximum absolute atomic E-state index is 12.9. The number of carbonyl (C=O) groups is 6. The summed E-state index contributed by atoms with van der Waals surface area (Å²) in [4.78, 5) is 73.4. The summed E-state index contributed by atoms with van der Waals surface area (Å²) in [5.41, 5.74) is 0.0351. The fourth-order valence-electron chi connectivity index (χ4n) is 3.69. The highest BCUT2D eigenvalue weighted by Crippen LogP contribution is 2.33. The molecule has 178 valence electrons. The van der Waals surface area contributed by atoms with Crippen LogP contribution in [-0.2, 0) is 42.9 Å². The van der Waals surface area contributed by atoms with Crippen LogP contribution in [0.2, 0.25) is 0 Å². The second-order valence-electron chi connectivity index (χ2n) is 7.31. The Morgan fingerprint density at radius 2 is 1.45 bits per heavy atom. The van der Waals surface area contributed by atoms with Crippen molar-refractivity contribution in [3.63, 3.8) is 0 Å². The van der Waals surface area contributed by atoms with Crippen LogP contribution in [0.15, 0.2) is 18.3 Å². The molecular weight excluding hydrogens is 444 g/mol. The minimum Gasteiger partial charge on any atom is -0.463 e. The zero-order valence-corrected chi connectivity index (χ0v) is 18.2. The van der Waals surface area contributed by atoms with Gasteiger partial charge in [0.05, 0.1) is 0 Å². The minimum atomic E-state index is -1.59. The Kier molecular flexibility index (Phi) is 6.81. The molecule has 0 saturated carbocycles. The standard InChI is InChI=1S/C20H22N2O11/c1-9(23)29-8-14-15(30-10(2)24)16(31-11(3)25)17(32-12(4)26)19(33-14)22-18(27)13-6-5-7-21(13)20(22)28/h5-7,14-17,19H,8H2,1-4H3/t14-,15-,16+,17-,19-/m1/s1. The summed E-state index contributed by atoms with van der Waals surface area (Å²) in [6.45, 7) is 3.87. The summed E-state index contributed by atoms with van der Waals surface area (Å²) in [7, 11) is 0. The second kappa shape index (κ2) is 9.40. The Hall–Kier alpha value is -3.74. The number of imide groups is 1. The number of hydrogen-bond acceptors (Lipinski definition) is 11. The van der Waals surface area contributed by atoms with Crippen LogP contribution in [0.3, 0.4) is 0 Å². The number of amides is 2. The summed E-state index contributed by atoms with van der Waals surface area (Å²) in [6.07, 6.45) is -5.94. The molecule has 13 nitrogen and oxygen atoms in total. The number of nitrogens with zero attached hydrogens (tertiary/aromatic N) is 2.